The van der Waals surface area contributed by atoms with E-state index in [-0.39, 0.29) is 75.6 Å². The number of nitrogens with one attached hydrogen (secondary N) is 1. The molecule has 13 nitrogen and oxygen atoms in total. The second kappa shape index (κ2) is 15.8. The first-order valence-corrected chi connectivity index (χ1v) is 16.3. The van der Waals surface area contributed by atoms with E-state index in [0.29, 0.717) is 22.5 Å². The predicted molar refractivity (Wildman–Crippen MR) is 176 cm³/mol. The quantitative estimate of drug-likeness (QED) is 0.307. The minimum Gasteiger partial charge on any atom is -0.483 e. The van der Waals surface area contributed by atoms with E-state index in [4.69, 9.17) is 21.1 Å². The number of piperazine rings is 1. The minimum absolute atomic E-state index is 0.0634. The summed E-state index contributed by atoms with van der Waals surface area (Å²) in [5, 5.41) is 13.2. The van der Waals surface area contributed by atoms with Crippen molar-refractivity contribution < 1.29 is 38.6 Å². The SMILES string of the molecule is CCOC(=O)N1CCN(C(=O)[C@H](CCC(=O)O)NC(=O)c2cc(OCC(=O)N3CCCC3c3ccccc3Cl)c3ccccc3n2)CC1. The minimum atomic E-state index is -1.15. The number of benzene rings is 2. The zero-order valence-corrected chi connectivity index (χ0v) is 27.4. The van der Waals surface area contributed by atoms with Crippen molar-refractivity contribution in [3.05, 3.63) is 70.9 Å². The number of ether oxygens (including phenoxy) is 2. The van der Waals surface area contributed by atoms with Crippen LogP contribution in [0.4, 0.5) is 4.79 Å². The first-order chi connectivity index (χ1) is 23.2. The molecule has 3 heterocycles. The zero-order valence-electron chi connectivity index (χ0n) is 26.6. The summed E-state index contributed by atoms with van der Waals surface area (Å²) in [4.78, 5) is 73.2. The molecule has 1 aromatic heterocycles. The molecule has 254 valence electrons. The molecule has 4 amide bonds. The van der Waals surface area contributed by atoms with Gasteiger partial charge in [0.15, 0.2) is 6.61 Å². The van der Waals surface area contributed by atoms with E-state index >= 15 is 0 Å². The molecule has 2 fully saturated rings. The Labute approximate surface area is 282 Å². The first kappa shape index (κ1) is 34.4. The lowest BCUT2D eigenvalue weighted by Gasteiger charge is -2.35. The molecule has 5 rings (SSSR count). The molecule has 2 atom stereocenters. The van der Waals surface area contributed by atoms with E-state index in [0.717, 1.165) is 18.4 Å². The summed E-state index contributed by atoms with van der Waals surface area (Å²) in [5.74, 6) is -2.25. The van der Waals surface area contributed by atoms with Gasteiger partial charge >= 0.3 is 12.1 Å². The molecule has 0 spiro atoms. The number of halogens is 1. The number of amides is 4. The number of pyridine rings is 1. The molecule has 2 aliphatic heterocycles. The highest BCUT2D eigenvalue weighted by molar-refractivity contribution is 6.31. The highest BCUT2D eigenvalue weighted by Gasteiger charge is 2.33. The number of fused-ring (bicyclic) bond motifs is 1. The third kappa shape index (κ3) is 8.14. The van der Waals surface area contributed by atoms with E-state index in [9.17, 15) is 29.1 Å². The van der Waals surface area contributed by atoms with Crippen molar-refractivity contribution in [2.45, 2.75) is 44.7 Å². The number of carboxylic acids is 1. The molecule has 0 bridgehead atoms. The lowest BCUT2D eigenvalue weighted by Crippen LogP contribution is -2.56. The van der Waals surface area contributed by atoms with Crippen LogP contribution in [0, 0.1) is 0 Å². The second-order valence-corrected chi connectivity index (χ2v) is 12.0. The molecule has 0 radical (unpaired) electrons. The molecule has 2 saturated heterocycles. The van der Waals surface area contributed by atoms with Crippen LogP contribution in [-0.2, 0) is 19.1 Å². The normalized spacial score (nSPS) is 16.8. The van der Waals surface area contributed by atoms with Crippen LogP contribution in [0.25, 0.3) is 10.9 Å². The third-order valence-electron chi connectivity index (χ3n) is 8.47. The lowest BCUT2D eigenvalue weighted by molar-refractivity contribution is -0.138. The van der Waals surface area contributed by atoms with E-state index in [1.165, 1.54) is 15.9 Å². The topological polar surface area (TPSA) is 159 Å². The van der Waals surface area contributed by atoms with Crippen LogP contribution in [0.15, 0.2) is 54.6 Å². The fourth-order valence-corrected chi connectivity index (χ4v) is 6.30. The first-order valence-electron chi connectivity index (χ1n) is 16.0. The van der Waals surface area contributed by atoms with Gasteiger partial charge in [0, 0.05) is 55.6 Å². The van der Waals surface area contributed by atoms with Crippen LogP contribution >= 0.6 is 11.6 Å². The summed E-state index contributed by atoms with van der Waals surface area (Å²) < 4.78 is 11.1. The van der Waals surface area contributed by atoms with Crippen molar-refractivity contribution in [3.63, 3.8) is 0 Å². The molecule has 0 saturated carbocycles. The molecule has 2 N–H and O–H groups in total. The van der Waals surface area contributed by atoms with Gasteiger partial charge in [-0.3, -0.25) is 19.2 Å². The Morgan fingerprint density at radius 3 is 2.44 bits per heavy atom. The standard InChI is InChI=1S/C34H38ClN5O8/c1-2-47-34(46)39-18-16-38(17-19-39)33(45)26(13-14-31(42)43)37-32(44)27-20-29(23-9-4-6-11-25(23)36-27)48-21-30(41)40-15-7-12-28(40)22-8-3-5-10-24(22)35/h3-6,8-11,20,26,28H,2,7,12-19,21H2,1H3,(H,37,44)(H,42,43)/t26-,28?/m0/s1. The van der Waals surface area contributed by atoms with Gasteiger partial charge in [0.1, 0.15) is 17.5 Å². The lowest BCUT2D eigenvalue weighted by atomic mass is 10.0. The average molecular weight is 680 g/mol. The summed E-state index contributed by atoms with van der Waals surface area (Å²) in [5.41, 5.74) is 1.25. The number of aliphatic carboxylic acids is 1. The van der Waals surface area contributed by atoms with E-state index in [1.54, 1.807) is 42.2 Å². The molecule has 1 unspecified atom stereocenters. The Bertz CT molecular complexity index is 1680. The van der Waals surface area contributed by atoms with Crippen molar-refractivity contribution in [2.75, 3.05) is 45.9 Å². The van der Waals surface area contributed by atoms with Crippen LogP contribution in [-0.4, -0.2) is 107 Å². The number of likely N-dealkylation sites (tertiary alicyclic amines) is 1. The maximum Gasteiger partial charge on any atom is 0.409 e. The van der Waals surface area contributed by atoms with Gasteiger partial charge in [-0.05, 0) is 49.9 Å². The van der Waals surface area contributed by atoms with Crippen molar-refractivity contribution in [2.24, 2.45) is 0 Å². The van der Waals surface area contributed by atoms with Crippen molar-refractivity contribution in [1.29, 1.82) is 0 Å². The van der Waals surface area contributed by atoms with Gasteiger partial charge in [0.25, 0.3) is 11.8 Å². The van der Waals surface area contributed by atoms with Gasteiger partial charge in [-0.2, -0.15) is 0 Å². The number of rotatable bonds is 11. The molecule has 2 aliphatic rings. The molecule has 0 aliphatic carbocycles. The van der Waals surface area contributed by atoms with Crippen LogP contribution in [0.1, 0.15) is 54.7 Å². The van der Waals surface area contributed by atoms with Gasteiger partial charge < -0.3 is 34.6 Å². The summed E-state index contributed by atoms with van der Waals surface area (Å²) in [6.45, 7) is 3.10. The molecule has 2 aromatic carbocycles. The monoisotopic (exact) mass is 679 g/mol. The Morgan fingerprint density at radius 2 is 1.71 bits per heavy atom. The van der Waals surface area contributed by atoms with Gasteiger partial charge in [0.2, 0.25) is 5.91 Å². The van der Waals surface area contributed by atoms with Crippen molar-refractivity contribution >= 4 is 52.3 Å². The number of nitrogens with zero attached hydrogens (tertiary/aromatic N) is 4. The number of carbonyl (C=O) groups excluding carboxylic acids is 4. The van der Waals surface area contributed by atoms with Crippen LogP contribution < -0.4 is 10.1 Å². The predicted octanol–water partition coefficient (Wildman–Crippen LogP) is 3.89. The van der Waals surface area contributed by atoms with Crippen LogP contribution in [0.2, 0.25) is 5.02 Å². The number of carboxylic acid groups (broad SMARTS) is 1. The highest BCUT2D eigenvalue weighted by atomic mass is 35.5. The number of para-hydroxylation sites is 1. The van der Waals surface area contributed by atoms with Gasteiger partial charge in [-0.25, -0.2) is 9.78 Å². The fraction of sp³-hybridized carbons (Fsp3) is 0.412. The van der Waals surface area contributed by atoms with Crippen LogP contribution in [0.5, 0.6) is 5.75 Å². The summed E-state index contributed by atoms with van der Waals surface area (Å²) in [6.07, 6.45) is 0.634. The second-order valence-electron chi connectivity index (χ2n) is 11.5. The zero-order chi connectivity index (χ0) is 34.2. The average Bonchev–Trinajstić information content (AvgIpc) is 3.58. The van der Waals surface area contributed by atoms with Crippen LogP contribution in [0.3, 0.4) is 0 Å². The number of carbonyl (C=O) groups is 5. The maximum absolute atomic E-state index is 13.6. The summed E-state index contributed by atoms with van der Waals surface area (Å²) in [7, 11) is 0. The Hall–Kier alpha value is -4.91. The fourth-order valence-electron chi connectivity index (χ4n) is 6.04. The Kier molecular flexibility index (Phi) is 11.3. The smallest absolute Gasteiger partial charge is 0.409 e. The maximum atomic E-state index is 13.6. The van der Waals surface area contributed by atoms with Gasteiger partial charge in [-0.15, -0.1) is 0 Å². The van der Waals surface area contributed by atoms with Crippen molar-refractivity contribution in [1.82, 2.24) is 25.0 Å². The van der Waals surface area contributed by atoms with Gasteiger partial charge in [0.05, 0.1) is 18.2 Å². The molecular weight excluding hydrogens is 642 g/mol. The summed E-state index contributed by atoms with van der Waals surface area (Å²) in [6, 6.07) is 14.5. The number of aromatic nitrogens is 1. The molecule has 48 heavy (non-hydrogen) atoms. The molecule has 14 heteroatoms. The van der Waals surface area contributed by atoms with E-state index < -0.39 is 29.9 Å². The molecular formula is C34H38ClN5O8. The summed E-state index contributed by atoms with van der Waals surface area (Å²) >= 11 is 6.44. The Morgan fingerprint density at radius 1 is 1.00 bits per heavy atom. The van der Waals surface area contributed by atoms with Crippen molar-refractivity contribution in [3.8, 4) is 5.75 Å². The van der Waals surface area contributed by atoms with E-state index in [2.05, 4.69) is 10.3 Å². The van der Waals surface area contributed by atoms with Gasteiger partial charge in [-0.1, -0.05) is 41.9 Å². The van der Waals surface area contributed by atoms with E-state index in [1.807, 2.05) is 18.2 Å². The number of hydrogen-bond acceptors (Lipinski definition) is 8. The Balaban J connectivity index is 1.30. The molecule has 3 aromatic rings. The highest BCUT2D eigenvalue weighted by Crippen LogP contribution is 2.36. The third-order valence-corrected chi connectivity index (χ3v) is 8.81. The number of hydrogen-bond donors (Lipinski definition) is 2. The largest absolute Gasteiger partial charge is 0.483 e.